The van der Waals surface area contributed by atoms with Crippen LogP contribution in [-0.4, -0.2) is 12.5 Å². The third kappa shape index (κ3) is 5.40. The SMILES string of the molecule is CCCCC(=O)NCC(C)(C)c1cccc(C(F)(F)F)c1. The Morgan fingerprint density at radius 2 is 1.81 bits per heavy atom. The molecule has 0 aliphatic carbocycles. The lowest BCUT2D eigenvalue weighted by molar-refractivity contribution is -0.137. The highest BCUT2D eigenvalue weighted by Gasteiger charge is 2.32. The summed E-state index contributed by atoms with van der Waals surface area (Å²) in [6.07, 6.45) is -2.15. The van der Waals surface area contributed by atoms with E-state index in [-0.39, 0.29) is 5.91 Å². The number of hydrogen-bond donors (Lipinski definition) is 1. The second-order valence-corrected chi connectivity index (χ2v) is 5.84. The normalized spacial score (nSPS) is 12.3. The van der Waals surface area contributed by atoms with Crippen molar-refractivity contribution < 1.29 is 18.0 Å². The first-order chi connectivity index (χ1) is 9.66. The molecule has 0 bridgehead atoms. The lowest BCUT2D eigenvalue weighted by Crippen LogP contribution is -2.36. The number of carbonyl (C=O) groups is 1. The van der Waals surface area contributed by atoms with Gasteiger partial charge in [-0.25, -0.2) is 0 Å². The Kier molecular flexibility index (Phi) is 5.81. The van der Waals surface area contributed by atoms with Gasteiger partial charge >= 0.3 is 6.18 Å². The van der Waals surface area contributed by atoms with Gasteiger partial charge in [0, 0.05) is 18.4 Å². The first-order valence-electron chi connectivity index (χ1n) is 7.11. The van der Waals surface area contributed by atoms with Gasteiger partial charge in [-0.05, 0) is 18.1 Å². The maximum absolute atomic E-state index is 12.7. The molecule has 1 aromatic rings. The van der Waals surface area contributed by atoms with E-state index in [1.807, 2.05) is 20.8 Å². The molecule has 1 N–H and O–H groups in total. The smallest absolute Gasteiger partial charge is 0.355 e. The molecule has 1 amide bonds. The zero-order chi connectivity index (χ0) is 16.1. The fourth-order valence-electron chi connectivity index (χ4n) is 1.96. The summed E-state index contributed by atoms with van der Waals surface area (Å²) in [5.74, 6) is -0.0584. The van der Waals surface area contributed by atoms with Crippen molar-refractivity contribution in [3.63, 3.8) is 0 Å². The zero-order valence-corrected chi connectivity index (χ0v) is 12.7. The molecule has 118 valence electrons. The first kappa shape index (κ1) is 17.5. The fraction of sp³-hybridized carbons (Fsp3) is 0.562. The highest BCUT2D eigenvalue weighted by Crippen LogP contribution is 2.32. The molecule has 0 saturated carbocycles. The summed E-state index contributed by atoms with van der Waals surface area (Å²) in [5, 5.41) is 2.79. The molecular formula is C16H22F3NO. The summed E-state index contributed by atoms with van der Waals surface area (Å²) in [4.78, 5) is 11.6. The maximum Gasteiger partial charge on any atom is 0.416 e. The second-order valence-electron chi connectivity index (χ2n) is 5.84. The Labute approximate surface area is 123 Å². The molecule has 0 radical (unpaired) electrons. The minimum Gasteiger partial charge on any atom is -0.355 e. The summed E-state index contributed by atoms with van der Waals surface area (Å²) < 4.78 is 38.2. The average Bonchev–Trinajstić information content (AvgIpc) is 2.42. The fourth-order valence-corrected chi connectivity index (χ4v) is 1.96. The van der Waals surface area contributed by atoms with Crippen LogP contribution in [0, 0.1) is 0 Å². The molecular weight excluding hydrogens is 279 g/mol. The summed E-state index contributed by atoms with van der Waals surface area (Å²) in [7, 11) is 0. The Balaban J connectivity index is 2.76. The van der Waals surface area contributed by atoms with Crippen LogP contribution in [0.1, 0.15) is 51.2 Å². The number of nitrogens with one attached hydrogen (secondary N) is 1. The first-order valence-corrected chi connectivity index (χ1v) is 7.11. The van der Waals surface area contributed by atoms with E-state index < -0.39 is 17.2 Å². The molecule has 1 aromatic carbocycles. The third-order valence-electron chi connectivity index (χ3n) is 3.46. The standard InChI is InChI=1S/C16H22F3NO/c1-4-5-9-14(21)20-11-15(2,3)12-7-6-8-13(10-12)16(17,18)19/h6-8,10H,4-5,9,11H2,1-3H3,(H,20,21). The number of hydrogen-bond acceptors (Lipinski definition) is 1. The van der Waals surface area contributed by atoms with Gasteiger partial charge in [-0.2, -0.15) is 13.2 Å². The van der Waals surface area contributed by atoms with Gasteiger partial charge in [0.2, 0.25) is 5.91 Å². The molecule has 0 spiro atoms. The van der Waals surface area contributed by atoms with E-state index in [2.05, 4.69) is 5.32 Å². The Morgan fingerprint density at radius 3 is 2.38 bits per heavy atom. The Hall–Kier alpha value is -1.52. The van der Waals surface area contributed by atoms with Gasteiger partial charge in [0.15, 0.2) is 0 Å². The Morgan fingerprint density at radius 1 is 1.19 bits per heavy atom. The minimum atomic E-state index is -4.35. The van der Waals surface area contributed by atoms with Crippen molar-refractivity contribution in [1.29, 1.82) is 0 Å². The van der Waals surface area contributed by atoms with Crippen molar-refractivity contribution in [1.82, 2.24) is 5.32 Å². The van der Waals surface area contributed by atoms with Gasteiger partial charge in [0.1, 0.15) is 0 Å². The van der Waals surface area contributed by atoms with Gasteiger partial charge < -0.3 is 5.32 Å². The maximum atomic E-state index is 12.7. The van der Waals surface area contributed by atoms with Gasteiger partial charge in [0.05, 0.1) is 5.56 Å². The van der Waals surface area contributed by atoms with E-state index in [1.54, 1.807) is 6.07 Å². The zero-order valence-electron chi connectivity index (χ0n) is 12.7. The lowest BCUT2D eigenvalue weighted by Gasteiger charge is -2.26. The van der Waals surface area contributed by atoms with E-state index in [1.165, 1.54) is 6.07 Å². The van der Waals surface area contributed by atoms with Crippen LogP contribution in [0.5, 0.6) is 0 Å². The summed E-state index contributed by atoms with van der Waals surface area (Å²) in [6.45, 7) is 5.96. The molecule has 0 heterocycles. The molecule has 0 unspecified atom stereocenters. The predicted molar refractivity (Wildman–Crippen MR) is 77.0 cm³/mol. The quantitative estimate of drug-likeness (QED) is 0.834. The number of halogens is 3. The predicted octanol–water partition coefficient (Wildman–Crippen LogP) is 4.29. The van der Waals surface area contributed by atoms with Crippen LogP contribution in [0.2, 0.25) is 0 Å². The van der Waals surface area contributed by atoms with Gasteiger partial charge in [-0.3, -0.25) is 4.79 Å². The van der Waals surface area contributed by atoms with E-state index >= 15 is 0 Å². The number of alkyl halides is 3. The van der Waals surface area contributed by atoms with Crippen LogP contribution < -0.4 is 5.32 Å². The average molecular weight is 301 g/mol. The van der Waals surface area contributed by atoms with Crippen LogP contribution in [0.3, 0.4) is 0 Å². The molecule has 0 saturated heterocycles. The molecule has 0 aromatic heterocycles. The topological polar surface area (TPSA) is 29.1 Å². The Bertz CT molecular complexity index is 481. The van der Waals surface area contributed by atoms with Crippen molar-refractivity contribution in [2.75, 3.05) is 6.54 Å². The molecule has 2 nitrogen and oxygen atoms in total. The number of amides is 1. The van der Waals surface area contributed by atoms with Crippen molar-refractivity contribution >= 4 is 5.91 Å². The molecule has 5 heteroatoms. The highest BCUT2D eigenvalue weighted by atomic mass is 19.4. The molecule has 1 rings (SSSR count). The molecule has 0 fully saturated rings. The van der Waals surface area contributed by atoms with Crippen LogP contribution in [0.25, 0.3) is 0 Å². The second kappa shape index (κ2) is 6.96. The number of rotatable bonds is 6. The van der Waals surface area contributed by atoms with Crippen molar-refractivity contribution in [3.05, 3.63) is 35.4 Å². The van der Waals surface area contributed by atoms with E-state index in [0.29, 0.717) is 18.5 Å². The number of benzene rings is 1. The lowest BCUT2D eigenvalue weighted by atomic mass is 9.83. The molecule has 0 atom stereocenters. The van der Waals surface area contributed by atoms with Gasteiger partial charge in [-0.1, -0.05) is 45.4 Å². The van der Waals surface area contributed by atoms with Gasteiger partial charge in [-0.15, -0.1) is 0 Å². The summed E-state index contributed by atoms with van der Waals surface area (Å²) in [5.41, 5.74) is -0.651. The largest absolute Gasteiger partial charge is 0.416 e. The molecule has 21 heavy (non-hydrogen) atoms. The van der Waals surface area contributed by atoms with Crippen molar-refractivity contribution in [2.24, 2.45) is 0 Å². The van der Waals surface area contributed by atoms with Crippen LogP contribution >= 0.6 is 0 Å². The van der Waals surface area contributed by atoms with E-state index in [4.69, 9.17) is 0 Å². The molecule has 0 aliphatic heterocycles. The summed E-state index contributed by atoms with van der Waals surface area (Å²) >= 11 is 0. The van der Waals surface area contributed by atoms with Crippen LogP contribution in [0.4, 0.5) is 13.2 Å². The minimum absolute atomic E-state index is 0.0584. The van der Waals surface area contributed by atoms with Crippen molar-refractivity contribution in [3.8, 4) is 0 Å². The van der Waals surface area contributed by atoms with E-state index in [0.717, 1.165) is 25.0 Å². The van der Waals surface area contributed by atoms with Crippen LogP contribution in [0.15, 0.2) is 24.3 Å². The molecule has 0 aliphatic rings. The monoisotopic (exact) mass is 301 g/mol. The van der Waals surface area contributed by atoms with Crippen molar-refractivity contribution in [2.45, 2.75) is 51.6 Å². The number of carbonyl (C=O) groups excluding carboxylic acids is 1. The van der Waals surface area contributed by atoms with Crippen LogP contribution in [-0.2, 0) is 16.4 Å². The van der Waals surface area contributed by atoms with E-state index in [9.17, 15) is 18.0 Å². The number of unbranched alkanes of at least 4 members (excludes halogenated alkanes) is 1. The highest BCUT2D eigenvalue weighted by molar-refractivity contribution is 5.75. The third-order valence-corrected chi connectivity index (χ3v) is 3.46. The van der Waals surface area contributed by atoms with Gasteiger partial charge in [0.25, 0.3) is 0 Å². The summed E-state index contributed by atoms with van der Waals surface area (Å²) in [6, 6.07) is 5.27.